The van der Waals surface area contributed by atoms with Crippen molar-refractivity contribution in [3.05, 3.63) is 63.1 Å². The highest BCUT2D eigenvalue weighted by atomic mass is 35.5. The van der Waals surface area contributed by atoms with E-state index in [1.54, 1.807) is 24.3 Å². The molecule has 19 heavy (non-hydrogen) atoms. The molecule has 1 aliphatic heterocycles. The lowest BCUT2D eigenvalue weighted by Gasteiger charge is -2.07. The van der Waals surface area contributed by atoms with E-state index in [0.29, 0.717) is 33.5 Å². The van der Waals surface area contributed by atoms with Crippen molar-refractivity contribution in [3.63, 3.8) is 0 Å². The third-order valence-corrected chi connectivity index (χ3v) is 3.88. The van der Waals surface area contributed by atoms with Crippen molar-refractivity contribution in [2.24, 2.45) is 0 Å². The van der Waals surface area contributed by atoms with Gasteiger partial charge in [0.25, 0.3) is 0 Å². The van der Waals surface area contributed by atoms with Gasteiger partial charge < -0.3 is 4.74 Å². The van der Waals surface area contributed by atoms with E-state index in [1.165, 1.54) is 0 Å². The van der Waals surface area contributed by atoms with Crippen molar-refractivity contribution in [2.45, 2.75) is 6.42 Å². The van der Waals surface area contributed by atoms with Gasteiger partial charge in [-0.1, -0.05) is 35.3 Å². The van der Waals surface area contributed by atoms with E-state index in [1.807, 2.05) is 12.1 Å². The first-order chi connectivity index (χ1) is 9.16. The highest BCUT2D eigenvalue weighted by Gasteiger charge is 2.21. The Kier molecular flexibility index (Phi) is 3.21. The molecule has 2 nitrogen and oxygen atoms in total. The maximum absolute atomic E-state index is 12.5. The van der Waals surface area contributed by atoms with E-state index in [9.17, 15) is 4.79 Å². The molecule has 0 bridgehead atoms. The molecule has 0 aliphatic carbocycles. The summed E-state index contributed by atoms with van der Waals surface area (Å²) in [6.45, 7) is 0.626. The maximum Gasteiger partial charge on any atom is 0.196 e. The van der Waals surface area contributed by atoms with Crippen LogP contribution in [0.4, 0.5) is 0 Å². The summed E-state index contributed by atoms with van der Waals surface area (Å²) < 4.78 is 5.55. The smallest absolute Gasteiger partial charge is 0.196 e. The second kappa shape index (κ2) is 4.87. The summed E-state index contributed by atoms with van der Waals surface area (Å²) in [7, 11) is 0. The third kappa shape index (κ3) is 2.22. The number of para-hydroxylation sites is 1. The van der Waals surface area contributed by atoms with E-state index in [0.717, 1.165) is 12.0 Å². The Balaban J connectivity index is 2.05. The first kappa shape index (κ1) is 12.5. The molecule has 1 aliphatic rings. The van der Waals surface area contributed by atoms with Crippen LogP contribution in [0.15, 0.2) is 36.4 Å². The van der Waals surface area contributed by atoms with Crippen LogP contribution in [-0.2, 0) is 6.42 Å². The van der Waals surface area contributed by atoms with Crippen LogP contribution in [-0.4, -0.2) is 12.4 Å². The van der Waals surface area contributed by atoms with Gasteiger partial charge in [0.1, 0.15) is 5.75 Å². The molecule has 0 aromatic heterocycles. The third-order valence-electron chi connectivity index (χ3n) is 3.14. The number of benzene rings is 2. The van der Waals surface area contributed by atoms with Crippen LogP contribution in [0.2, 0.25) is 10.0 Å². The average Bonchev–Trinajstić information content (AvgIpc) is 2.89. The number of hydrogen-bond acceptors (Lipinski definition) is 2. The van der Waals surface area contributed by atoms with Crippen molar-refractivity contribution in [1.82, 2.24) is 0 Å². The van der Waals surface area contributed by atoms with Crippen LogP contribution < -0.4 is 4.74 Å². The van der Waals surface area contributed by atoms with Crippen LogP contribution in [0.25, 0.3) is 0 Å². The SMILES string of the molecule is O=C(c1ccc(Cl)c(Cl)c1)c1cccc2c1OCC2. The summed E-state index contributed by atoms with van der Waals surface area (Å²) in [4.78, 5) is 12.5. The Morgan fingerprint density at radius 3 is 2.74 bits per heavy atom. The van der Waals surface area contributed by atoms with Crippen LogP contribution >= 0.6 is 23.2 Å². The molecular weight excluding hydrogens is 283 g/mol. The first-order valence-electron chi connectivity index (χ1n) is 5.91. The molecule has 0 N–H and O–H groups in total. The number of fused-ring (bicyclic) bond motifs is 1. The Morgan fingerprint density at radius 2 is 1.95 bits per heavy atom. The number of ketones is 1. The molecule has 0 unspecified atom stereocenters. The van der Waals surface area contributed by atoms with Crippen molar-refractivity contribution in [1.29, 1.82) is 0 Å². The Bertz CT molecular complexity index is 665. The van der Waals surface area contributed by atoms with Crippen molar-refractivity contribution in [3.8, 4) is 5.75 Å². The first-order valence-corrected chi connectivity index (χ1v) is 6.67. The van der Waals surface area contributed by atoms with Crippen LogP contribution in [0.5, 0.6) is 5.75 Å². The van der Waals surface area contributed by atoms with Gasteiger partial charge in [0, 0.05) is 12.0 Å². The fourth-order valence-electron chi connectivity index (χ4n) is 2.19. The van der Waals surface area contributed by atoms with Gasteiger partial charge in [-0.15, -0.1) is 0 Å². The fraction of sp³-hybridized carbons (Fsp3) is 0.133. The predicted octanol–water partition coefficient (Wildman–Crippen LogP) is 4.16. The number of ether oxygens (including phenoxy) is 1. The zero-order chi connectivity index (χ0) is 13.4. The summed E-state index contributed by atoms with van der Waals surface area (Å²) >= 11 is 11.8. The summed E-state index contributed by atoms with van der Waals surface area (Å²) in [5, 5.41) is 0.814. The van der Waals surface area contributed by atoms with Crippen LogP contribution in [0.1, 0.15) is 21.5 Å². The number of hydrogen-bond donors (Lipinski definition) is 0. The number of halogens is 2. The van der Waals surface area contributed by atoms with Gasteiger partial charge in [-0.25, -0.2) is 0 Å². The highest BCUT2D eigenvalue weighted by Crippen LogP contribution is 2.32. The van der Waals surface area contributed by atoms with Crippen molar-refractivity contribution in [2.75, 3.05) is 6.61 Å². The van der Waals surface area contributed by atoms with Gasteiger partial charge in [0.2, 0.25) is 0 Å². The van der Waals surface area contributed by atoms with Gasteiger partial charge in [-0.3, -0.25) is 4.79 Å². The monoisotopic (exact) mass is 292 g/mol. The molecule has 0 spiro atoms. The minimum atomic E-state index is -0.0997. The van der Waals surface area contributed by atoms with Gasteiger partial charge in [-0.2, -0.15) is 0 Å². The van der Waals surface area contributed by atoms with E-state index in [4.69, 9.17) is 27.9 Å². The lowest BCUT2D eigenvalue weighted by Crippen LogP contribution is -2.03. The minimum absolute atomic E-state index is 0.0997. The van der Waals surface area contributed by atoms with Gasteiger partial charge in [0.15, 0.2) is 5.78 Å². The van der Waals surface area contributed by atoms with Gasteiger partial charge in [0.05, 0.1) is 22.2 Å². The van der Waals surface area contributed by atoms with Crippen LogP contribution in [0, 0.1) is 0 Å². The maximum atomic E-state index is 12.5. The summed E-state index contributed by atoms with van der Waals surface area (Å²) in [6, 6.07) is 10.5. The second-order valence-electron chi connectivity index (χ2n) is 4.35. The molecule has 0 saturated carbocycles. The Morgan fingerprint density at radius 1 is 1.11 bits per heavy atom. The molecule has 0 amide bonds. The van der Waals surface area contributed by atoms with E-state index in [-0.39, 0.29) is 5.78 Å². The minimum Gasteiger partial charge on any atom is -0.492 e. The molecule has 2 aromatic rings. The number of carbonyl (C=O) groups is 1. The predicted molar refractivity (Wildman–Crippen MR) is 75.5 cm³/mol. The molecule has 0 fully saturated rings. The summed E-state index contributed by atoms with van der Waals surface area (Å²) in [6.07, 6.45) is 0.845. The van der Waals surface area contributed by atoms with Gasteiger partial charge in [-0.05, 0) is 29.8 Å². The van der Waals surface area contributed by atoms with E-state index in [2.05, 4.69) is 0 Å². The topological polar surface area (TPSA) is 26.3 Å². The van der Waals surface area contributed by atoms with E-state index >= 15 is 0 Å². The van der Waals surface area contributed by atoms with Gasteiger partial charge >= 0.3 is 0 Å². The number of rotatable bonds is 2. The summed E-state index contributed by atoms with van der Waals surface area (Å²) in [5.74, 6) is 0.593. The van der Waals surface area contributed by atoms with Crippen molar-refractivity contribution >= 4 is 29.0 Å². The van der Waals surface area contributed by atoms with Crippen LogP contribution in [0.3, 0.4) is 0 Å². The Labute approximate surface area is 120 Å². The van der Waals surface area contributed by atoms with E-state index < -0.39 is 0 Å². The molecule has 0 radical (unpaired) electrons. The molecule has 0 atom stereocenters. The molecule has 0 saturated heterocycles. The lowest BCUT2D eigenvalue weighted by molar-refractivity contribution is 0.103. The zero-order valence-corrected chi connectivity index (χ0v) is 11.5. The normalized spacial score (nSPS) is 12.9. The molecule has 3 rings (SSSR count). The zero-order valence-electron chi connectivity index (χ0n) is 9.95. The molecule has 1 heterocycles. The van der Waals surface area contributed by atoms with Crippen molar-refractivity contribution < 1.29 is 9.53 Å². The molecular formula is C15H10Cl2O2. The quantitative estimate of drug-likeness (QED) is 0.777. The highest BCUT2D eigenvalue weighted by molar-refractivity contribution is 6.42. The molecule has 2 aromatic carbocycles. The molecule has 96 valence electrons. The average molecular weight is 293 g/mol. The lowest BCUT2D eigenvalue weighted by atomic mass is 10.00. The Hall–Kier alpha value is -1.51. The standard InChI is InChI=1S/C15H10Cl2O2/c16-12-5-4-10(8-13(12)17)14(18)11-3-1-2-9-6-7-19-15(9)11/h1-5,8H,6-7H2. The largest absolute Gasteiger partial charge is 0.492 e. The fourth-order valence-corrected chi connectivity index (χ4v) is 2.48. The molecule has 4 heteroatoms. The second-order valence-corrected chi connectivity index (χ2v) is 5.16. The summed E-state index contributed by atoms with van der Waals surface area (Å²) in [5.41, 5.74) is 2.16. The number of carbonyl (C=O) groups excluding carboxylic acids is 1.